The predicted molar refractivity (Wildman–Crippen MR) is 134 cm³/mol. The SMILES string of the molecule is COC(=O)CCCN1C(=S)N[C@@H](c2ccccn2)[C@@H]1c1cc(C)n(-c2ccc(Cl)cc2)c1C. The second-order valence-corrected chi connectivity index (χ2v) is 8.96. The third kappa shape index (κ3) is 4.75. The molecule has 2 aromatic heterocycles. The third-order valence-corrected chi connectivity index (χ3v) is 6.68. The van der Waals surface area contributed by atoms with Crippen molar-refractivity contribution in [1.29, 1.82) is 0 Å². The lowest BCUT2D eigenvalue weighted by Gasteiger charge is -2.28. The van der Waals surface area contributed by atoms with Gasteiger partial charge in [0, 0.05) is 41.3 Å². The van der Waals surface area contributed by atoms with Crippen LogP contribution in [-0.2, 0) is 9.53 Å². The van der Waals surface area contributed by atoms with Crippen LogP contribution in [0.1, 0.15) is 47.6 Å². The number of hydrogen-bond acceptors (Lipinski definition) is 4. The summed E-state index contributed by atoms with van der Waals surface area (Å²) in [5.74, 6) is -0.216. The van der Waals surface area contributed by atoms with Crippen molar-refractivity contribution in [3.05, 3.63) is 82.4 Å². The highest BCUT2D eigenvalue weighted by molar-refractivity contribution is 7.80. The third-order valence-electron chi connectivity index (χ3n) is 6.08. The number of nitrogens with one attached hydrogen (secondary N) is 1. The molecule has 0 amide bonds. The van der Waals surface area contributed by atoms with Crippen LogP contribution in [0.25, 0.3) is 5.69 Å². The van der Waals surface area contributed by atoms with Gasteiger partial charge < -0.3 is 19.5 Å². The molecule has 1 saturated heterocycles. The van der Waals surface area contributed by atoms with Crippen molar-refractivity contribution in [3.63, 3.8) is 0 Å². The molecule has 4 rings (SSSR count). The molecule has 3 aromatic rings. The Morgan fingerprint density at radius 2 is 1.97 bits per heavy atom. The van der Waals surface area contributed by atoms with Gasteiger partial charge in [-0.25, -0.2) is 0 Å². The standard InChI is InChI=1S/C25H27ClN4O2S/c1-16-15-20(17(2)30(16)19-11-9-18(26)10-12-19)24-23(21-7-4-5-13-27-21)28-25(33)29(24)14-6-8-22(31)32-3/h4-5,7,9-13,15,23-24H,6,8,14H2,1-3H3,(H,28,33)/t23-,24-/m0/s1. The number of nitrogens with zero attached hydrogens (tertiary/aromatic N) is 3. The minimum atomic E-state index is -0.216. The normalized spacial score (nSPS) is 17.8. The predicted octanol–water partition coefficient (Wildman–Crippen LogP) is 5.07. The molecule has 6 nitrogen and oxygen atoms in total. The fourth-order valence-electron chi connectivity index (χ4n) is 4.56. The van der Waals surface area contributed by atoms with E-state index in [9.17, 15) is 4.79 Å². The lowest BCUT2D eigenvalue weighted by Crippen LogP contribution is -2.31. The summed E-state index contributed by atoms with van der Waals surface area (Å²) in [6.07, 6.45) is 2.80. The fraction of sp³-hybridized carbons (Fsp3) is 0.320. The Balaban J connectivity index is 1.74. The number of aromatic nitrogens is 2. The van der Waals surface area contributed by atoms with E-state index in [4.69, 9.17) is 28.6 Å². The number of ether oxygens (including phenoxy) is 1. The number of hydrogen-bond donors (Lipinski definition) is 1. The molecule has 172 valence electrons. The van der Waals surface area contributed by atoms with Crippen molar-refractivity contribution in [1.82, 2.24) is 19.8 Å². The highest BCUT2D eigenvalue weighted by Crippen LogP contribution is 2.41. The first kappa shape index (κ1) is 23.3. The van der Waals surface area contributed by atoms with Crippen molar-refractivity contribution in [2.24, 2.45) is 0 Å². The van der Waals surface area contributed by atoms with Crippen LogP contribution in [-0.4, -0.2) is 39.2 Å². The van der Waals surface area contributed by atoms with E-state index in [1.165, 1.54) is 12.7 Å². The number of methoxy groups -OCH3 is 1. The van der Waals surface area contributed by atoms with Crippen molar-refractivity contribution >= 4 is 34.9 Å². The van der Waals surface area contributed by atoms with E-state index in [2.05, 4.69) is 39.7 Å². The molecule has 2 atom stereocenters. The monoisotopic (exact) mass is 482 g/mol. The van der Waals surface area contributed by atoms with Gasteiger partial charge in [-0.2, -0.15) is 0 Å². The molecule has 8 heteroatoms. The first-order valence-electron chi connectivity index (χ1n) is 10.9. The van der Waals surface area contributed by atoms with E-state index >= 15 is 0 Å². The molecule has 0 saturated carbocycles. The molecular formula is C25H27ClN4O2S. The van der Waals surface area contributed by atoms with Crippen LogP contribution >= 0.6 is 23.8 Å². The molecular weight excluding hydrogens is 456 g/mol. The Morgan fingerprint density at radius 1 is 1.21 bits per heavy atom. The van der Waals surface area contributed by atoms with Gasteiger partial charge in [0.15, 0.2) is 5.11 Å². The Morgan fingerprint density at radius 3 is 2.64 bits per heavy atom. The van der Waals surface area contributed by atoms with Crippen molar-refractivity contribution in [2.45, 2.75) is 38.8 Å². The van der Waals surface area contributed by atoms with Crippen LogP contribution in [0.4, 0.5) is 0 Å². The van der Waals surface area contributed by atoms with Crippen LogP contribution in [0.2, 0.25) is 5.02 Å². The minimum absolute atomic E-state index is 0.0581. The van der Waals surface area contributed by atoms with E-state index in [0.717, 1.165) is 22.8 Å². The van der Waals surface area contributed by atoms with Gasteiger partial charge in [0.05, 0.1) is 24.9 Å². The minimum Gasteiger partial charge on any atom is -0.469 e. The summed E-state index contributed by atoms with van der Waals surface area (Å²) in [5, 5.41) is 4.85. The topological polar surface area (TPSA) is 59.4 Å². The molecule has 3 heterocycles. The van der Waals surface area contributed by atoms with Crippen LogP contribution in [0.15, 0.2) is 54.7 Å². The Kier molecular flexibility index (Phi) is 7.00. The fourth-order valence-corrected chi connectivity index (χ4v) is 5.01. The van der Waals surface area contributed by atoms with Crippen LogP contribution < -0.4 is 5.32 Å². The Labute approximate surface area is 204 Å². The van der Waals surface area contributed by atoms with Gasteiger partial charge in [-0.15, -0.1) is 0 Å². The molecule has 1 aliphatic heterocycles. The zero-order chi connectivity index (χ0) is 23.5. The number of carbonyl (C=O) groups excluding carboxylic acids is 1. The number of aryl methyl sites for hydroxylation is 1. The number of carbonyl (C=O) groups is 1. The molecule has 1 aliphatic rings. The number of halogens is 1. The summed E-state index contributed by atoms with van der Waals surface area (Å²) in [6, 6.07) is 15.8. The van der Waals surface area contributed by atoms with E-state index in [-0.39, 0.29) is 18.1 Å². The Hall–Kier alpha value is -2.90. The molecule has 33 heavy (non-hydrogen) atoms. The quantitative estimate of drug-likeness (QED) is 0.375. The van der Waals surface area contributed by atoms with E-state index < -0.39 is 0 Å². The lowest BCUT2D eigenvalue weighted by molar-refractivity contribution is -0.140. The smallest absolute Gasteiger partial charge is 0.305 e. The van der Waals surface area contributed by atoms with E-state index in [1.54, 1.807) is 6.20 Å². The number of rotatable bonds is 7. The van der Waals surface area contributed by atoms with Gasteiger partial charge in [0.1, 0.15) is 0 Å². The first-order valence-corrected chi connectivity index (χ1v) is 11.7. The molecule has 1 aromatic carbocycles. The second kappa shape index (κ2) is 9.93. The van der Waals surface area contributed by atoms with Gasteiger partial charge in [0.2, 0.25) is 0 Å². The highest BCUT2D eigenvalue weighted by Gasteiger charge is 2.41. The zero-order valence-corrected chi connectivity index (χ0v) is 20.5. The first-order chi connectivity index (χ1) is 15.9. The molecule has 0 radical (unpaired) electrons. The van der Waals surface area contributed by atoms with Gasteiger partial charge >= 0.3 is 5.97 Å². The highest BCUT2D eigenvalue weighted by atomic mass is 35.5. The number of pyridine rings is 1. The molecule has 0 unspecified atom stereocenters. The second-order valence-electron chi connectivity index (χ2n) is 8.14. The molecule has 1 fully saturated rings. The van der Waals surface area contributed by atoms with Crippen molar-refractivity contribution in [2.75, 3.05) is 13.7 Å². The van der Waals surface area contributed by atoms with Gasteiger partial charge in [-0.05, 0) is 80.5 Å². The summed E-state index contributed by atoms with van der Waals surface area (Å²) < 4.78 is 7.04. The van der Waals surface area contributed by atoms with Crippen molar-refractivity contribution in [3.8, 4) is 5.69 Å². The summed E-state index contributed by atoms with van der Waals surface area (Å²) in [7, 11) is 1.41. The van der Waals surface area contributed by atoms with Crippen LogP contribution in [0, 0.1) is 13.8 Å². The summed E-state index contributed by atoms with van der Waals surface area (Å²) in [5.41, 5.74) is 5.41. The van der Waals surface area contributed by atoms with Crippen LogP contribution in [0.3, 0.4) is 0 Å². The maximum atomic E-state index is 11.7. The van der Waals surface area contributed by atoms with E-state index in [1.807, 2.05) is 42.5 Å². The van der Waals surface area contributed by atoms with Crippen molar-refractivity contribution < 1.29 is 9.53 Å². The van der Waals surface area contributed by atoms with E-state index in [0.29, 0.717) is 29.5 Å². The van der Waals surface area contributed by atoms with Crippen LogP contribution in [0.5, 0.6) is 0 Å². The van der Waals surface area contributed by atoms with Gasteiger partial charge in [-0.1, -0.05) is 17.7 Å². The summed E-state index contributed by atoms with van der Waals surface area (Å²) >= 11 is 11.9. The number of benzene rings is 1. The Bertz CT molecular complexity index is 1150. The summed E-state index contributed by atoms with van der Waals surface area (Å²) in [6.45, 7) is 4.86. The average molecular weight is 483 g/mol. The lowest BCUT2D eigenvalue weighted by atomic mass is 9.96. The average Bonchev–Trinajstić information content (AvgIpc) is 3.30. The maximum absolute atomic E-state index is 11.7. The molecule has 1 N–H and O–H groups in total. The number of thiocarbonyl (C=S) groups is 1. The maximum Gasteiger partial charge on any atom is 0.305 e. The molecule has 0 aliphatic carbocycles. The summed E-state index contributed by atoms with van der Waals surface area (Å²) in [4.78, 5) is 18.5. The zero-order valence-electron chi connectivity index (χ0n) is 18.9. The van der Waals surface area contributed by atoms with Gasteiger partial charge in [-0.3, -0.25) is 9.78 Å². The number of esters is 1. The molecule has 0 bridgehead atoms. The van der Waals surface area contributed by atoms with Gasteiger partial charge in [0.25, 0.3) is 0 Å². The largest absolute Gasteiger partial charge is 0.469 e. The molecule has 0 spiro atoms.